The van der Waals surface area contributed by atoms with Gasteiger partial charge >= 0.3 is 0 Å². The van der Waals surface area contributed by atoms with E-state index in [0.717, 1.165) is 37.2 Å². The fourth-order valence-electron chi connectivity index (χ4n) is 3.18. The molecule has 1 heterocycles. The summed E-state index contributed by atoms with van der Waals surface area (Å²) >= 11 is 0. The molecule has 1 saturated carbocycles. The highest BCUT2D eigenvalue weighted by atomic mass is 19.1. The minimum Gasteiger partial charge on any atom is -0.335 e. The molecule has 1 aliphatic carbocycles. The van der Waals surface area contributed by atoms with Crippen molar-refractivity contribution in [3.8, 4) is 0 Å². The highest BCUT2D eigenvalue weighted by Gasteiger charge is 2.30. The van der Waals surface area contributed by atoms with Gasteiger partial charge in [-0.1, -0.05) is 32.4 Å². The van der Waals surface area contributed by atoms with Gasteiger partial charge in [-0.3, -0.25) is 4.79 Å². The summed E-state index contributed by atoms with van der Waals surface area (Å²) in [7, 11) is 0. The number of hydrogen-bond acceptors (Lipinski definition) is 2. The SMILES string of the molecule is CC(C)CN(Cc1nccn1Cc1ccc(F)cc1)C(=O)C1CCC1. The van der Waals surface area contributed by atoms with Crippen molar-refractivity contribution in [3.63, 3.8) is 0 Å². The Morgan fingerprint density at radius 2 is 2.04 bits per heavy atom. The molecule has 0 radical (unpaired) electrons. The van der Waals surface area contributed by atoms with E-state index in [1.807, 2.05) is 15.7 Å². The van der Waals surface area contributed by atoms with Crippen molar-refractivity contribution >= 4 is 5.91 Å². The van der Waals surface area contributed by atoms with Crippen LogP contribution in [0.5, 0.6) is 0 Å². The van der Waals surface area contributed by atoms with Crippen molar-refractivity contribution < 1.29 is 9.18 Å². The first-order chi connectivity index (χ1) is 12.0. The topological polar surface area (TPSA) is 38.1 Å². The van der Waals surface area contributed by atoms with Gasteiger partial charge < -0.3 is 9.47 Å². The summed E-state index contributed by atoms with van der Waals surface area (Å²) in [5.74, 6) is 1.52. The summed E-state index contributed by atoms with van der Waals surface area (Å²) in [6.07, 6.45) is 6.86. The summed E-state index contributed by atoms with van der Waals surface area (Å²) in [6.45, 7) is 6.17. The number of carbonyl (C=O) groups excluding carboxylic acids is 1. The maximum absolute atomic E-state index is 13.1. The highest BCUT2D eigenvalue weighted by molar-refractivity contribution is 5.79. The molecule has 1 aliphatic rings. The average Bonchev–Trinajstić information content (AvgIpc) is 2.94. The van der Waals surface area contributed by atoms with E-state index in [-0.39, 0.29) is 17.6 Å². The maximum atomic E-state index is 13.1. The van der Waals surface area contributed by atoms with Gasteiger partial charge in [0.2, 0.25) is 5.91 Å². The van der Waals surface area contributed by atoms with Crippen LogP contribution in [0.25, 0.3) is 0 Å². The fraction of sp³-hybridized carbons (Fsp3) is 0.500. The molecule has 0 unspecified atom stereocenters. The van der Waals surface area contributed by atoms with E-state index in [0.29, 0.717) is 19.0 Å². The third kappa shape index (κ3) is 4.47. The fourth-order valence-corrected chi connectivity index (χ4v) is 3.18. The quantitative estimate of drug-likeness (QED) is 0.766. The van der Waals surface area contributed by atoms with Gasteiger partial charge in [0.1, 0.15) is 11.6 Å². The lowest BCUT2D eigenvalue weighted by molar-refractivity contribution is -0.139. The van der Waals surface area contributed by atoms with Crippen LogP contribution >= 0.6 is 0 Å². The molecule has 4 nitrogen and oxygen atoms in total. The number of carbonyl (C=O) groups is 1. The van der Waals surface area contributed by atoms with Crippen molar-refractivity contribution in [2.75, 3.05) is 6.54 Å². The zero-order valence-corrected chi connectivity index (χ0v) is 15.0. The van der Waals surface area contributed by atoms with Gasteiger partial charge in [0.15, 0.2) is 0 Å². The van der Waals surface area contributed by atoms with Crippen LogP contribution in [0.4, 0.5) is 4.39 Å². The summed E-state index contributed by atoms with van der Waals surface area (Å²) in [5.41, 5.74) is 1.02. The molecule has 2 aromatic rings. The molecule has 0 saturated heterocycles. The van der Waals surface area contributed by atoms with Crippen LogP contribution in [0, 0.1) is 17.7 Å². The van der Waals surface area contributed by atoms with Gasteiger partial charge in [0, 0.05) is 31.4 Å². The molecule has 25 heavy (non-hydrogen) atoms. The van der Waals surface area contributed by atoms with Crippen molar-refractivity contribution in [1.82, 2.24) is 14.5 Å². The number of rotatable bonds is 7. The van der Waals surface area contributed by atoms with E-state index in [2.05, 4.69) is 18.8 Å². The molecule has 3 rings (SSSR count). The Kier molecular flexibility index (Phi) is 5.51. The van der Waals surface area contributed by atoms with E-state index >= 15 is 0 Å². The number of aromatic nitrogens is 2. The van der Waals surface area contributed by atoms with Crippen LogP contribution in [0.2, 0.25) is 0 Å². The molecule has 5 heteroatoms. The molecule has 0 bridgehead atoms. The van der Waals surface area contributed by atoms with Gasteiger partial charge in [0.05, 0.1) is 6.54 Å². The normalized spacial score (nSPS) is 14.6. The lowest BCUT2D eigenvalue weighted by Gasteiger charge is -2.32. The van der Waals surface area contributed by atoms with Gasteiger partial charge in [-0.2, -0.15) is 0 Å². The monoisotopic (exact) mass is 343 g/mol. The summed E-state index contributed by atoms with van der Waals surface area (Å²) in [5, 5.41) is 0. The minimum atomic E-state index is -0.233. The van der Waals surface area contributed by atoms with Gasteiger partial charge in [-0.05, 0) is 36.5 Å². The number of amides is 1. The Labute approximate surface area is 148 Å². The molecule has 0 atom stereocenters. The largest absolute Gasteiger partial charge is 0.335 e. The van der Waals surface area contributed by atoms with Crippen molar-refractivity contribution in [1.29, 1.82) is 0 Å². The van der Waals surface area contributed by atoms with Crippen molar-refractivity contribution in [2.45, 2.75) is 46.2 Å². The zero-order valence-electron chi connectivity index (χ0n) is 15.0. The van der Waals surface area contributed by atoms with Gasteiger partial charge in [-0.25, -0.2) is 9.37 Å². The third-order valence-corrected chi connectivity index (χ3v) is 4.75. The van der Waals surface area contributed by atoms with Gasteiger partial charge in [-0.15, -0.1) is 0 Å². The van der Waals surface area contributed by atoms with Crippen molar-refractivity contribution in [2.24, 2.45) is 11.8 Å². The lowest BCUT2D eigenvalue weighted by atomic mass is 9.84. The lowest BCUT2D eigenvalue weighted by Crippen LogP contribution is -2.41. The predicted molar refractivity (Wildman–Crippen MR) is 95.3 cm³/mol. The molecular weight excluding hydrogens is 317 g/mol. The van der Waals surface area contributed by atoms with E-state index < -0.39 is 0 Å². The molecular formula is C20H26FN3O. The summed E-state index contributed by atoms with van der Waals surface area (Å²) in [6, 6.07) is 6.50. The second-order valence-corrected chi connectivity index (χ2v) is 7.34. The molecule has 0 spiro atoms. The Morgan fingerprint density at radius 3 is 2.64 bits per heavy atom. The Balaban J connectivity index is 1.72. The van der Waals surface area contributed by atoms with E-state index in [1.54, 1.807) is 18.3 Å². The van der Waals surface area contributed by atoms with E-state index in [1.165, 1.54) is 12.1 Å². The molecule has 0 aliphatic heterocycles. The number of halogens is 1. The van der Waals surface area contributed by atoms with Crippen LogP contribution in [-0.4, -0.2) is 26.9 Å². The number of imidazole rings is 1. The van der Waals surface area contributed by atoms with E-state index in [9.17, 15) is 9.18 Å². The number of hydrogen-bond donors (Lipinski definition) is 0. The molecule has 134 valence electrons. The zero-order chi connectivity index (χ0) is 17.8. The molecule has 1 amide bonds. The number of nitrogens with zero attached hydrogens (tertiary/aromatic N) is 3. The molecule has 1 aromatic carbocycles. The van der Waals surface area contributed by atoms with Crippen molar-refractivity contribution in [3.05, 3.63) is 53.9 Å². The van der Waals surface area contributed by atoms with Crippen LogP contribution in [0.3, 0.4) is 0 Å². The average molecular weight is 343 g/mol. The molecule has 1 aromatic heterocycles. The third-order valence-electron chi connectivity index (χ3n) is 4.75. The smallest absolute Gasteiger partial charge is 0.226 e. The Morgan fingerprint density at radius 1 is 1.32 bits per heavy atom. The predicted octanol–water partition coefficient (Wildman–Crippen LogP) is 3.86. The maximum Gasteiger partial charge on any atom is 0.226 e. The molecule has 1 fully saturated rings. The molecule has 0 N–H and O–H groups in total. The Hall–Kier alpha value is -2.17. The van der Waals surface area contributed by atoms with E-state index in [4.69, 9.17) is 0 Å². The first-order valence-corrected chi connectivity index (χ1v) is 9.06. The summed E-state index contributed by atoms with van der Waals surface area (Å²) < 4.78 is 15.1. The van der Waals surface area contributed by atoms with Gasteiger partial charge in [0.25, 0.3) is 0 Å². The van der Waals surface area contributed by atoms with Crippen LogP contribution in [0.15, 0.2) is 36.7 Å². The Bertz CT molecular complexity index is 704. The van der Waals surface area contributed by atoms with Crippen LogP contribution in [0.1, 0.15) is 44.5 Å². The highest BCUT2D eigenvalue weighted by Crippen LogP contribution is 2.29. The van der Waals surface area contributed by atoms with Crippen LogP contribution < -0.4 is 0 Å². The number of benzene rings is 1. The first-order valence-electron chi connectivity index (χ1n) is 9.06. The second kappa shape index (κ2) is 7.81. The van der Waals surface area contributed by atoms with Crippen LogP contribution in [-0.2, 0) is 17.9 Å². The summed E-state index contributed by atoms with van der Waals surface area (Å²) in [4.78, 5) is 19.2. The minimum absolute atomic E-state index is 0.194. The first kappa shape index (κ1) is 17.6. The standard InChI is InChI=1S/C20H26FN3O/c1-15(2)12-24(20(25)17-4-3-5-17)14-19-22-10-11-23(19)13-16-6-8-18(21)9-7-16/h6-11,15,17H,3-5,12-14H2,1-2H3. The second-order valence-electron chi connectivity index (χ2n) is 7.34.